The van der Waals surface area contributed by atoms with Crippen molar-refractivity contribution in [3.8, 4) is 0 Å². The Morgan fingerprint density at radius 3 is 2.37 bits per heavy atom. The monoisotopic (exact) mass is 405 g/mol. The molecule has 0 spiro atoms. The SMILES string of the molecule is O=C(NCCCN1CCCCCC1)[C@@H]1Cc2ccccc2N1C(=O)c1ccccc1. The predicted molar refractivity (Wildman–Crippen MR) is 120 cm³/mol. The van der Waals surface area contributed by atoms with E-state index in [0.717, 1.165) is 24.2 Å². The molecule has 0 bridgehead atoms. The van der Waals surface area contributed by atoms with Crippen molar-refractivity contribution in [1.82, 2.24) is 10.2 Å². The summed E-state index contributed by atoms with van der Waals surface area (Å²) in [6.07, 6.45) is 6.73. The zero-order valence-corrected chi connectivity index (χ0v) is 17.6. The largest absolute Gasteiger partial charge is 0.354 e. The number of carbonyl (C=O) groups excluding carboxylic acids is 2. The lowest BCUT2D eigenvalue weighted by Gasteiger charge is -2.25. The fraction of sp³-hybridized carbons (Fsp3) is 0.440. The van der Waals surface area contributed by atoms with Crippen LogP contribution in [0.15, 0.2) is 54.6 Å². The molecule has 0 radical (unpaired) electrons. The van der Waals surface area contributed by atoms with Gasteiger partial charge in [0.05, 0.1) is 0 Å². The van der Waals surface area contributed by atoms with Gasteiger partial charge >= 0.3 is 0 Å². The van der Waals surface area contributed by atoms with Crippen LogP contribution in [0.1, 0.15) is 48.0 Å². The van der Waals surface area contributed by atoms with Crippen LogP contribution in [0.4, 0.5) is 5.69 Å². The van der Waals surface area contributed by atoms with E-state index in [4.69, 9.17) is 0 Å². The Labute approximate surface area is 179 Å². The Bertz CT molecular complexity index is 860. The van der Waals surface area contributed by atoms with Crippen molar-refractivity contribution >= 4 is 17.5 Å². The minimum atomic E-state index is -0.492. The Morgan fingerprint density at radius 1 is 0.900 bits per heavy atom. The van der Waals surface area contributed by atoms with E-state index in [1.165, 1.54) is 38.8 Å². The molecule has 5 nitrogen and oxygen atoms in total. The molecule has 1 N–H and O–H groups in total. The van der Waals surface area contributed by atoms with Crippen LogP contribution >= 0.6 is 0 Å². The number of benzene rings is 2. The number of hydrogen-bond acceptors (Lipinski definition) is 3. The first kappa shape index (κ1) is 20.6. The topological polar surface area (TPSA) is 52.7 Å². The van der Waals surface area contributed by atoms with Crippen molar-refractivity contribution < 1.29 is 9.59 Å². The average Bonchev–Trinajstić information content (AvgIpc) is 2.98. The van der Waals surface area contributed by atoms with Gasteiger partial charge in [0.15, 0.2) is 0 Å². The summed E-state index contributed by atoms with van der Waals surface area (Å²) < 4.78 is 0. The number of nitrogens with zero attached hydrogens (tertiary/aromatic N) is 2. The number of hydrogen-bond donors (Lipinski definition) is 1. The van der Waals surface area contributed by atoms with Gasteiger partial charge in [-0.2, -0.15) is 0 Å². The van der Waals surface area contributed by atoms with Gasteiger partial charge in [0.1, 0.15) is 6.04 Å². The van der Waals surface area contributed by atoms with E-state index in [1.54, 1.807) is 17.0 Å². The quantitative estimate of drug-likeness (QED) is 0.747. The lowest BCUT2D eigenvalue weighted by molar-refractivity contribution is -0.122. The maximum atomic E-state index is 13.2. The molecule has 0 aliphatic carbocycles. The molecule has 5 heteroatoms. The highest BCUT2D eigenvalue weighted by Gasteiger charge is 2.38. The number of fused-ring (bicyclic) bond motifs is 1. The molecule has 0 unspecified atom stereocenters. The van der Waals surface area contributed by atoms with Crippen LogP contribution in [-0.4, -0.2) is 48.9 Å². The zero-order valence-electron chi connectivity index (χ0n) is 17.6. The van der Waals surface area contributed by atoms with Gasteiger partial charge in [-0.15, -0.1) is 0 Å². The Balaban J connectivity index is 1.39. The molecule has 2 aromatic rings. The lowest BCUT2D eigenvalue weighted by Crippen LogP contribution is -2.48. The molecule has 1 fully saturated rings. The van der Waals surface area contributed by atoms with E-state index >= 15 is 0 Å². The van der Waals surface area contributed by atoms with Gasteiger partial charge in [-0.05, 0) is 62.7 Å². The number of carbonyl (C=O) groups is 2. The molecule has 4 rings (SSSR count). The van der Waals surface area contributed by atoms with Crippen molar-refractivity contribution in [2.75, 3.05) is 31.1 Å². The van der Waals surface area contributed by atoms with Crippen molar-refractivity contribution in [1.29, 1.82) is 0 Å². The lowest BCUT2D eigenvalue weighted by atomic mass is 10.1. The second-order valence-electron chi connectivity index (χ2n) is 8.29. The maximum absolute atomic E-state index is 13.2. The number of amides is 2. The highest BCUT2D eigenvalue weighted by atomic mass is 16.2. The van der Waals surface area contributed by atoms with Crippen LogP contribution in [-0.2, 0) is 11.2 Å². The van der Waals surface area contributed by atoms with E-state index in [0.29, 0.717) is 18.5 Å². The van der Waals surface area contributed by atoms with Gasteiger partial charge in [0.25, 0.3) is 5.91 Å². The van der Waals surface area contributed by atoms with Crippen LogP contribution < -0.4 is 10.2 Å². The third-order valence-electron chi connectivity index (χ3n) is 6.17. The highest BCUT2D eigenvalue weighted by Crippen LogP contribution is 2.33. The third-order valence-corrected chi connectivity index (χ3v) is 6.17. The minimum Gasteiger partial charge on any atom is -0.354 e. The van der Waals surface area contributed by atoms with E-state index in [-0.39, 0.29) is 11.8 Å². The number of nitrogens with one attached hydrogen (secondary N) is 1. The Morgan fingerprint density at radius 2 is 1.60 bits per heavy atom. The molecule has 0 aromatic heterocycles. The van der Waals surface area contributed by atoms with Crippen molar-refractivity contribution in [3.05, 3.63) is 65.7 Å². The number of para-hydroxylation sites is 1. The molecule has 2 heterocycles. The molecule has 2 aliphatic heterocycles. The smallest absolute Gasteiger partial charge is 0.259 e. The molecule has 30 heavy (non-hydrogen) atoms. The molecular formula is C25H31N3O2. The predicted octanol–water partition coefficient (Wildman–Crippen LogP) is 3.64. The van der Waals surface area contributed by atoms with Gasteiger partial charge in [-0.1, -0.05) is 49.2 Å². The number of anilines is 1. The molecule has 2 aliphatic rings. The molecule has 1 atom stereocenters. The average molecular weight is 406 g/mol. The molecule has 2 aromatic carbocycles. The fourth-order valence-electron chi connectivity index (χ4n) is 4.56. The van der Waals surface area contributed by atoms with Crippen molar-refractivity contribution in [2.45, 2.75) is 44.6 Å². The summed E-state index contributed by atoms with van der Waals surface area (Å²) in [6, 6.07) is 16.5. The first-order chi connectivity index (χ1) is 14.7. The molecular weight excluding hydrogens is 374 g/mol. The minimum absolute atomic E-state index is 0.0636. The van der Waals surface area contributed by atoms with E-state index in [2.05, 4.69) is 10.2 Å². The van der Waals surface area contributed by atoms with Crippen molar-refractivity contribution in [2.24, 2.45) is 0 Å². The summed E-state index contributed by atoms with van der Waals surface area (Å²) in [5.41, 5.74) is 2.50. The standard InChI is InChI=1S/C25H31N3O2/c29-24(26-15-10-18-27-16-8-1-2-9-17-27)23-19-21-13-6-7-14-22(21)28(23)25(30)20-11-4-3-5-12-20/h3-7,11-14,23H,1-2,8-10,15-19H2,(H,26,29)/t23-/m0/s1. The first-order valence-corrected chi connectivity index (χ1v) is 11.2. The highest BCUT2D eigenvalue weighted by molar-refractivity contribution is 6.11. The summed E-state index contributed by atoms with van der Waals surface area (Å²) in [4.78, 5) is 30.5. The van der Waals surface area contributed by atoms with Crippen LogP contribution in [0.5, 0.6) is 0 Å². The second kappa shape index (κ2) is 9.90. The van der Waals surface area contributed by atoms with Crippen LogP contribution in [0.3, 0.4) is 0 Å². The normalized spacial score (nSPS) is 19.2. The van der Waals surface area contributed by atoms with E-state index in [1.807, 2.05) is 42.5 Å². The molecule has 158 valence electrons. The van der Waals surface area contributed by atoms with E-state index < -0.39 is 6.04 Å². The summed E-state index contributed by atoms with van der Waals surface area (Å²) in [7, 11) is 0. The summed E-state index contributed by atoms with van der Waals surface area (Å²) >= 11 is 0. The fourth-order valence-corrected chi connectivity index (χ4v) is 4.56. The van der Waals surface area contributed by atoms with Gasteiger partial charge in [-0.25, -0.2) is 0 Å². The number of rotatable bonds is 6. The van der Waals surface area contributed by atoms with Gasteiger partial charge in [-0.3, -0.25) is 14.5 Å². The number of likely N-dealkylation sites (tertiary alicyclic amines) is 1. The first-order valence-electron chi connectivity index (χ1n) is 11.2. The zero-order chi connectivity index (χ0) is 20.8. The third kappa shape index (κ3) is 4.73. The second-order valence-corrected chi connectivity index (χ2v) is 8.29. The van der Waals surface area contributed by atoms with Gasteiger partial charge in [0.2, 0.25) is 5.91 Å². The summed E-state index contributed by atoms with van der Waals surface area (Å²) in [5.74, 6) is -0.184. The van der Waals surface area contributed by atoms with Crippen LogP contribution in [0.2, 0.25) is 0 Å². The maximum Gasteiger partial charge on any atom is 0.259 e. The van der Waals surface area contributed by atoms with Crippen molar-refractivity contribution in [3.63, 3.8) is 0 Å². The summed E-state index contributed by atoms with van der Waals surface area (Å²) in [6.45, 7) is 4.02. The Hall–Kier alpha value is -2.66. The summed E-state index contributed by atoms with van der Waals surface area (Å²) in [5, 5.41) is 3.09. The molecule has 1 saturated heterocycles. The van der Waals surface area contributed by atoms with E-state index in [9.17, 15) is 9.59 Å². The van der Waals surface area contributed by atoms with Crippen LogP contribution in [0.25, 0.3) is 0 Å². The van der Waals surface area contributed by atoms with Gasteiger partial charge < -0.3 is 10.2 Å². The van der Waals surface area contributed by atoms with Gasteiger partial charge in [0, 0.05) is 24.2 Å². The van der Waals surface area contributed by atoms with Crippen LogP contribution in [0, 0.1) is 0 Å². The molecule has 0 saturated carbocycles. The Kier molecular flexibility index (Phi) is 6.80. The molecule has 2 amide bonds.